The summed E-state index contributed by atoms with van der Waals surface area (Å²) in [6, 6.07) is 34.3. The molecule has 0 unspecified atom stereocenters. The number of para-hydroxylation sites is 1. The van der Waals surface area contributed by atoms with E-state index in [0.717, 1.165) is 11.1 Å². The fourth-order valence-electron chi connectivity index (χ4n) is 4.95. The molecule has 1 aliphatic heterocycles. The zero-order chi connectivity index (χ0) is 31.2. The van der Waals surface area contributed by atoms with E-state index in [-0.39, 0.29) is 18.9 Å². The molecular weight excluding hydrogens is 590 g/mol. The first kappa shape index (κ1) is 29.5. The van der Waals surface area contributed by atoms with Crippen LogP contribution in [-0.2, 0) is 14.3 Å². The number of hydrogen-bond acceptors (Lipinski definition) is 8. The Morgan fingerprint density at radius 1 is 0.778 bits per heavy atom. The number of anilines is 1. The van der Waals surface area contributed by atoms with Crippen molar-refractivity contribution < 1.29 is 33.4 Å². The zero-order valence-electron chi connectivity index (χ0n) is 24.0. The number of carbonyl (C=O) groups is 4. The lowest BCUT2D eigenvalue weighted by atomic mass is 10.0. The van der Waals surface area contributed by atoms with Gasteiger partial charge in [-0.3, -0.25) is 14.4 Å². The van der Waals surface area contributed by atoms with E-state index in [9.17, 15) is 19.2 Å². The lowest BCUT2D eigenvalue weighted by Gasteiger charge is -2.17. The van der Waals surface area contributed by atoms with Gasteiger partial charge in [-0.25, -0.2) is 4.79 Å². The van der Waals surface area contributed by atoms with Crippen molar-refractivity contribution in [3.8, 4) is 28.4 Å². The van der Waals surface area contributed by atoms with Crippen molar-refractivity contribution in [2.24, 2.45) is 5.92 Å². The standard InChI is InChI=1S/C36H27NO7S/c38-31(25-12-16-29(17-13-25)44-36(41)33-11-6-20-45-33)23-42-35(40)26-21-34(39)37(22-26)27-14-18-28(19-15-27)43-32-10-5-4-9-30(32)24-7-2-1-3-8-24/h1-20,26H,21-23H2/t26-/m1/s1. The molecule has 45 heavy (non-hydrogen) atoms. The van der Waals surface area contributed by atoms with Crippen LogP contribution in [0.4, 0.5) is 5.69 Å². The molecule has 1 saturated heterocycles. The van der Waals surface area contributed by atoms with Gasteiger partial charge in [0.05, 0.1) is 5.92 Å². The van der Waals surface area contributed by atoms with Crippen LogP contribution in [0.3, 0.4) is 0 Å². The topological polar surface area (TPSA) is 99.2 Å². The molecule has 0 saturated carbocycles. The van der Waals surface area contributed by atoms with E-state index < -0.39 is 30.2 Å². The summed E-state index contributed by atoms with van der Waals surface area (Å²) in [5.74, 6) is -0.799. The van der Waals surface area contributed by atoms with Gasteiger partial charge in [0.1, 0.15) is 22.1 Å². The second kappa shape index (κ2) is 13.4. The average molecular weight is 618 g/mol. The highest BCUT2D eigenvalue weighted by molar-refractivity contribution is 7.12. The Labute approximate surface area is 263 Å². The van der Waals surface area contributed by atoms with Crippen LogP contribution >= 0.6 is 11.3 Å². The Kier molecular flexibility index (Phi) is 8.79. The Morgan fingerprint density at radius 2 is 1.49 bits per heavy atom. The Bertz CT molecular complexity index is 1820. The third kappa shape index (κ3) is 7.00. The lowest BCUT2D eigenvalue weighted by Crippen LogP contribution is -2.27. The van der Waals surface area contributed by atoms with Gasteiger partial charge in [0, 0.05) is 29.8 Å². The van der Waals surface area contributed by atoms with Gasteiger partial charge >= 0.3 is 11.9 Å². The number of amides is 1. The Hall–Kier alpha value is -5.54. The van der Waals surface area contributed by atoms with Crippen molar-refractivity contribution in [2.45, 2.75) is 6.42 Å². The van der Waals surface area contributed by atoms with Crippen molar-refractivity contribution >= 4 is 40.7 Å². The van der Waals surface area contributed by atoms with Crippen LogP contribution in [0.5, 0.6) is 17.2 Å². The smallest absolute Gasteiger partial charge is 0.353 e. The van der Waals surface area contributed by atoms with Crippen molar-refractivity contribution in [1.82, 2.24) is 0 Å². The van der Waals surface area contributed by atoms with Gasteiger partial charge in [-0.15, -0.1) is 11.3 Å². The van der Waals surface area contributed by atoms with Gasteiger partial charge in [-0.1, -0.05) is 54.6 Å². The van der Waals surface area contributed by atoms with Crippen LogP contribution in [0.15, 0.2) is 121 Å². The summed E-state index contributed by atoms with van der Waals surface area (Å²) in [6.45, 7) is -0.318. The maximum absolute atomic E-state index is 12.8. The summed E-state index contributed by atoms with van der Waals surface area (Å²) >= 11 is 1.27. The predicted molar refractivity (Wildman–Crippen MR) is 170 cm³/mol. The van der Waals surface area contributed by atoms with Crippen LogP contribution in [0, 0.1) is 5.92 Å². The maximum atomic E-state index is 12.8. The molecule has 9 heteroatoms. The molecule has 1 atom stereocenters. The molecule has 6 rings (SSSR count). The number of Topliss-reactive ketones (excluding diaryl/α,β-unsaturated/α-hetero) is 1. The third-order valence-corrected chi connectivity index (χ3v) is 8.11. The third-order valence-electron chi connectivity index (χ3n) is 7.26. The maximum Gasteiger partial charge on any atom is 0.353 e. The van der Waals surface area contributed by atoms with E-state index in [1.54, 1.807) is 41.8 Å². The molecule has 2 heterocycles. The van der Waals surface area contributed by atoms with Crippen LogP contribution < -0.4 is 14.4 Å². The molecule has 4 aromatic carbocycles. The van der Waals surface area contributed by atoms with E-state index in [0.29, 0.717) is 33.4 Å². The highest BCUT2D eigenvalue weighted by Gasteiger charge is 2.36. The van der Waals surface area contributed by atoms with Gasteiger partial charge in [0.25, 0.3) is 0 Å². The molecule has 8 nitrogen and oxygen atoms in total. The largest absolute Gasteiger partial charge is 0.457 e. The first-order valence-corrected chi connectivity index (χ1v) is 15.1. The number of nitrogens with zero attached hydrogens (tertiary/aromatic N) is 1. The number of ether oxygens (including phenoxy) is 3. The van der Waals surface area contributed by atoms with Crippen LogP contribution in [-0.4, -0.2) is 36.8 Å². The molecule has 1 amide bonds. The lowest BCUT2D eigenvalue weighted by molar-refractivity contribution is -0.147. The van der Waals surface area contributed by atoms with Crippen LogP contribution in [0.1, 0.15) is 26.5 Å². The minimum absolute atomic E-state index is 0.0139. The van der Waals surface area contributed by atoms with E-state index in [1.807, 2.05) is 54.6 Å². The molecule has 1 aromatic heterocycles. The van der Waals surface area contributed by atoms with E-state index in [4.69, 9.17) is 14.2 Å². The molecule has 0 N–H and O–H groups in total. The summed E-state index contributed by atoms with van der Waals surface area (Å²) in [4.78, 5) is 52.3. The summed E-state index contributed by atoms with van der Waals surface area (Å²) in [7, 11) is 0. The van der Waals surface area contributed by atoms with Crippen LogP contribution in [0.25, 0.3) is 11.1 Å². The first-order chi connectivity index (χ1) is 21.9. The summed E-state index contributed by atoms with van der Waals surface area (Å²) in [6.07, 6.45) is -0.0139. The Morgan fingerprint density at radius 3 is 2.22 bits per heavy atom. The molecule has 0 bridgehead atoms. The number of carbonyl (C=O) groups excluding carboxylic acids is 4. The van der Waals surface area contributed by atoms with Gasteiger partial charge in [0.15, 0.2) is 12.4 Å². The highest BCUT2D eigenvalue weighted by Crippen LogP contribution is 2.34. The molecule has 0 spiro atoms. The molecular formula is C36H27NO7S. The van der Waals surface area contributed by atoms with Crippen molar-refractivity contribution in [2.75, 3.05) is 18.1 Å². The average Bonchev–Trinajstić information content (AvgIpc) is 3.76. The number of thiophene rings is 1. The van der Waals surface area contributed by atoms with Gasteiger partial charge in [0.2, 0.25) is 5.91 Å². The summed E-state index contributed by atoms with van der Waals surface area (Å²) in [5, 5.41) is 1.78. The highest BCUT2D eigenvalue weighted by atomic mass is 32.1. The minimum Gasteiger partial charge on any atom is -0.457 e. The van der Waals surface area contributed by atoms with Crippen LogP contribution in [0.2, 0.25) is 0 Å². The summed E-state index contributed by atoms with van der Waals surface area (Å²) in [5.41, 5.74) is 2.94. The fraction of sp³-hybridized carbons (Fsp3) is 0.111. The molecule has 5 aromatic rings. The monoisotopic (exact) mass is 617 g/mol. The summed E-state index contributed by atoms with van der Waals surface area (Å²) < 4.78 is 16.7. The van der Waals surface area contributed by atoms with Gasteiger partial charge in [-0.05, 0) is 71.6 Å². The molecule has 1 fully saturated rings. The SMILES string of the molecule is O=C(COC(=O)[C@@H]1CC(=O)N(c2ccc(Oc3ccccc3-c3ccccc3)cc2)C1)c1ccc(OC(=O)c2cccs2)cc1. The van der Waals surface area contributed by atoms with Gasteiger partial charge < -0.3 is 19.1 Å². The number of rotatable bonds is 10. The van der Waals surface area contributed by atoms with Crippen molar-refractivity contribution in [1.29, 1.82) is 0 Å². The fourth-order valence-corrected chi connectivity index (χ4v) is 5.55. The van der Waals surface area contributed by atoms with Crippen molar-refractivity contribution in [3.05, 3.63) is 131 Å². The van der Waals surface area contributed by atoms with Gasteiger partial charge in [-0.2, -0.15) is 0 Å². The Balaban J connectivity index is 1.01. The van der Waals surface area contributed by atoms with E-state index in [2.05, 4.69) is 0 Å². The zero-order valence-corrected chi connectivity index (χ0v) is 24.8. The number of benzene rings is 4. The molecule has 1 aliphatic rings. The number of esters is 2. The quantitative estimate of drug-likeness (QED) is 0.0928. The molecule has 224 valence electrons. The molecule has 0 aliphatic carbocycles. The van der Waals surface area contributed by atoms with E-state index in [1.165, 1.54) is 40.5 Å². The van der Waals surface area contributed by atoms with E-state index >= 15 is 0 Å². The number of hydrogen-bond donors (Lipinski definition) is 0. The van der Waals surface area contributed by atoms with Crippen molar-refractivity contribution in [3.63, 3.8) is 0 Å². The molecule has 0 radical (unpaired) electrons. The normalized spacial score (nSPS) is 14.2. The second-order valence-electron chi connectivity index (χ2n) is 10.3. The first-order valence-electron chi connectivity index (χ1n) is 14.2. The minimum atomic E-state index is -0.696. The second-order valence-corrected chi connectivity index (χ2v) is 11.2. The number of ketones is 1. The predicted octanol–water partition coefficient (Wildman–Crippen LogP) is 7.21.